The molecule has 2 aromatic heterocycles. The van der Waals surface area contributed by atoms with Gasteiger partial charge in [0.25, 0.3) is 5.91 Å². The number of nitrogens with zero attached hydrogens (tertiary/aromatic N) is 2. The van der Waals surface area contributed by atoms with E-state index in [-0.39, 0.29) is 11.9 Å². The van der Waals surface area contributed by atoms with Crippen LogP contribution in [0.1, 0.15) is 29.4 Å². The van der Waals surface area contributed by atoms with Gasteiger partial charge in [-0.1, -0.05) is 11.6 Å². The Labute approximate surface area is 150 Å². The molecular weight excluding hydrogens is 342 g/mol. The molecule has 2 bridgehead atoms. The molecule has 2 atom stereocenters. The normalized spacial score (nSPS) is 28.8. The molecule has 5 heterocycles. The fourth-order valence-electron chi connectivity index (χ4n) is 3.89. The van der Waals surface area contributed by atoms with Crippen LogP contribution in [-0.2, 0) is 0 Å². The summed E-state index contributed by atoms with van der Waals surface area (Å²) < 4.78 is 0. The van der Waals surface area contributed by atoms with Gasteiger partial charge in [0, 0.05) is 18.3 Å². The van der Waals surface area contributed by atoms with Crippen LogP contribution in [0.4, 0.5) is 0 Å². The van der Waals surface area contributed by atoms with Crippen LogP contribution in [0.3, 0.4) is 0 Å². The molecule has 4 nitrogen and oxygen atoms in total. The van der Waals surface area contributed by atoms with E-state index < -0.39 is 0 Å². The first-order valence-corrected chi connectivity index (χ1v) is 9.58. The number of pyridine rings is 1. The number of rotatable bonds is 3. The van der Waals surface area contributed by atoms with Crippen molar-refractivity contribution in [2.45, 2.75) is 31.8 Å². The first-order chi connectivity index (χ1) is 11.6. The Morgan fingerprint density at radius 1 is 1.29 bits per heavy atom. The summed E-state index contributed by atoms with van der Waals surface area (Å²) in [5.74, 6) is 0.650. The van der Waals surface area contributed by atoms with E-state index in [4.69, 9.17) is 11.6 Å². The second kappa shape index (κ2) is 6.47. The van der Waals surface area contributed by atoms with E-state index in [1.54, 1.807) is 6.20 Å². The third-order valence-corrected chi connectivity index (χ3v) is 6.62. The van der Waals surface area contributed by atoms with Gasteiger partial charge in [0.2, 0.25) is 0 Å². The van der Waals surface area contributed by atoms with Crippen LogP contribution >= 0.6 is 22.9 Å². The predicted molar refractivity (Wildman–Crippen MR) is 97.6 cm³/mol. The zero-order valence-corrected chi connectivity index (χ0v) is 15.1. The van der Waals surface area contributed by atoms with Crippen LogP contribution in [0.25, 0.3) is 10.6 Å². The van der Waals surface area contributed by atoms with Crippen molar-refractivity contribution in [2.24, 2.45) is 5.92 Å². The van der Waals surface area contributed by atoms with Crippen LogP contribution in [0.15, 0.2) is 30.5 Å². The summed E-state index contributed by atoms with van der Waals surface area (Å²) in [7, 11) is 0. The Balaban J connectivity index is 1.48. The van der Waals surface area contributed by atoms with Gasteiger partial charge in [0.05, 0.1) is 20.5 Å². The molecule has 3 saturated heterocycles. The Morgan fingerprint density at radius 3 is 2.75 bits per heavy atom. The quantitative estimate of drug-likeness (QED) is 0.907. The predicted octanol–water partition coefficient (Wildman–Crippen LogP) is 3.68. The number of carbonyl (C=O) groups is 1. The van der Waals surface area contributed by atoms with Crippen LogP contribution in [0.2, 0.25) is 5.02 Å². The number of amides is 1. The number of thiophene rings is 1. The lowest BCUT2D eigenvalue weighted by Gasteiger charge is -2.49. The minimum atomic E-state index is 0.0332. The fraction of sp³-hybridized carbons (Fsp3) is 0.444. The number of fused-ring (bicyclic) bond motifs is 3. The highest BCUT2D eigenvalue weighted by Crippen LogP contribution is 2.33. The molecule has 1 N–H and O–H groups in total. The summed E-state index contributed by atoms with van der Waals surface area (Å²) in [6, 6.07) is 8.23. The van der Waals surface area contributed by atoms with Crippen LogP contribution < -0.4 is 5.32 Å². The van der Waals surface area contributed by atoms with Crippen molar-refractivity contribution in [3.05, 3.63) is 40.4 Å². The minimum absolute atomic E-state index is 0.0332. The standard InChI is InChI=1S/C18H20ClN3OS/c1-11-17(12-6-8-22(11)9-7-12)21-18(23)16-5-4-15(24-16)14-3-2-13(19)10-20-14/h2-5,10-12,17H,6-9H2,1H3,(H,21,23)/t11-,17+/m1/s1. The summed E-state index contributed by atoms with van der Waals surface area (Å²) in [5, 5.41) is 3.89. The molecule has 0 unspecified atom stereocenters. The van der Waals surface area contributed by atoms with E-state index in [0.29, 0.717) is 17.0 Å². The molecule has 0 aromatic carbocycles. The van der Waals surface area contributed by atoms with Gasteiger partial charge in [-0.3, -0.25) is 14.7 Å². The summed E-state index contributed by atoms with van der Waals surface area (Å²) >= 11 is 7.36. The van der Waals surface area contributed by atoms with Crippen molar-refractivity contribution in [3.63, 3.8) is 0 Å². The first-order valence-electron chi connectivity index (χ1n) is 8.38. The third kappa shape index (κ3) is 2.96. The van der Waals surface area contributed by atoms with Crippen LogP contribution in [-0.4, -0.2) is 41.0 Å². The molecule has 0 aliphatic carbocycles. The van der Waals surface area contributed by atoms with Crippen molar-refractivity contribution in [3.8, 4) is 10.6 Å². The average Bonchev–Trinajstić information content (AvgIpc) is 3.09. The molecule has 3 aliphatic heterocycles. The van der Waals surface area contributed by atoms with Crippen molar-refractivity contribution >= 4 is 28.8 Å². The highest BCUT2D eigenvalue weighted by atomic mass is 35.5. The molecule has 24 heavy (non-hydrogen) atoms. The van der Waals surface area contributed by atoms with Gasteiger partial charge in [-0.2, -0.15) is 0 Å². The SMILES string of the molecule is C[C@@H]1[C@H](NC(=O)c2ccc(-c3ccc(Cl)cn3)s2)C2CCN1CC2. The maximum atomic E-state index is 12.7. The molecule has 0 spiro atoms. The van der Waals surface area contributed by atoms with E-state index in [1.807, 2.05) is 24.3 Å². The van der Waals surface area contributed by atoms with Gasteiger partial charge in [0.1, 0.15) is 0 Å². The minimum Gasteiger partial charge on any atom is -0.347 e. The Hall–Kier alpha value is -1.43. The third-order valence-electron chi connectivity index (χ3n) is 5.29. The number of aromatic nitrogens is 1. The maximum Gasteiger partial charge on any atom is 0.261 e. The van der Waals surface area contributed by atoms with Gasteiger partial charge < -0.3 is 5.32 Å². The molecule has 5 rings (SSSR count). The van der Waals surface area contributed by atoms with Crippen LogP contribution in [0, 0.1) is 5.92 Å². The largest absolute Gasteiger partial charge is 0.347 e. The first kappa shape index (κ1) is 16.1. The highest BCUT2D eigenvalue weighted by molar-refractivity contribution is 7.17. The summed E-state index contributed by atoms with van der Waals surface area (Å²) in [6.45, 7) is 4.57. The van der Waals surface area contributed by atoms with Gasteiger partial charge in [-0.15, -0.1) is 11.3 Å². The van der Waals surface area contributed by atoms with E-state index in [9.17, 15) is 4.79 Å². The molecule has 3 aliphatic rings. The van der Waals surface area contributed by atoms with Crippen LogP contribution in [0.5, 0.6) is 0 Å². The zero-order valence-electron chi connectivity index (χ0n) is 13.5. The summed E-state index contributed by atoms with van der Waals surface area (Å²) in [6.07, 6.45) is 4.02. The molecule has 6 heteroatoms. The number of nitrogens with one attached hydrogen (secondary N) is 1. The molecule has 2 aromatic rings. The topological polar surface area (TPSA) is 45.2 Å². The molecule has 0 radical (unpaired) electrons. The summed E-state index contributed by atoms with van der Waals surface area (Å²) in [4.78, 5) is 21.2. The van der Waals surface area contributed by atoms with Crippen molar-refractivity contribution in [1.29, 1.82) is 0 Å². The Morgan fingerprint density at radius 2 is 2.08 bits per heavy atom. The monoisotopic (exact) mass is 361 g/mol. The van der Waals surface area contributed by atoms with Gasteiger partial charge >= 0.3 is 0 Å². The number of hydrogen-bond donors (Lipinski definition) is 1. The number of piperidine rings is 3. The van der Waals surface area contributed by atoms with E-state index in [2.05, 4.69) is 22.1 Å². The highest BCUT2D eigenvalue weighted by Gasteiger charge is 2.40. The lowest BCUT2D eigenvalue weighted by atomic mass is 9.79. The van der Waals surface area contributed by atoms with E-state index >= 15 is 0 Å². The van der Waals surface area contributed by atoms with Crippen molar-refractivity contribution in [1.82, 2.24) is 15.2 Å². The maximum absolute atomic E-state index is 12.7. The van der Waals surface area contributed by atoms with E-state index in [1.165, 1.54) is 37.3 Å². The molecule has 0 saturated carbocycles. The molecule has 126 valence electrons. The van der Waals surface area contributed by atoms with Crippen molar-refractivity contribution < 1.29 is 4.79 Å². The second-order valence-corrected chi connectivity index (χ2v) is 8.16. The number of hydrogen-bond acceptors (Lipinski definition) is 4. The molecule has 1 amide bonds. The molecular formula is C18H20ClN3OS. The Kier molecular flexibility index (Phi) is 4.33. The molecule has 3 fully saturated rings. The summed E-state index contributed by atoms with van der Waals surface area (Å²) in [5.41, 5.74) is 0.847. The lowest BCUT2D eigenvalue weighted by molar-refractivity contribution is 0.0218. The zero-order chi connectivity index (χ0) is 16.7. The second-order valence-electron chi connectivity index (χ2n) is 6.64. The fourth-order valence-corrected chi connectivity index (χ4v) is 4.88. The smallest absolute Gasteiger partial charge is 0.261 e. The lowest BCUT2D eigenvalue weighted by Crippen LogP contribution is -2.62. The Bertz CT molecular complexity index is 735. The van der Waals surface area contributed by atoms with Crippen molar-refractivity contribution in [2.75, 3.05) is 13.1 Å². The van der Waals surface area contributed by atoms with Gasteiger partial charge in [-0.25, -0.2) is 0 Å². The van der Waals surface area contributed by atoms with Gasteiger partial charge in [0.15, 0.2) is 0 Å². The number of halogens is 1. The number of carbonyl (C=O) groups excluding carboxylic acids is 1. The average molecular weight is 362 g/mol. The van der Waals surface area contributed by atoms with E-state index in [0.717, 1.165) is 15.4 Å². The van der Waals surface area contributed by atoms with Gasteiger partial charge in [-0.05, 0) is 63.0 Å².